The Hall–Kier alpha value is -1.71. The molecule has 0 aliphatic carbocycles. The average Bonchev–Trinajstić information content (AvgIpc) is 2.38. The number of nitrogens with one attached hydrogen (secondary N) is 1. The molecular formula is C13H17NO3. The van der Waals surface area contributed by atoms with Crippen LogP contribution in [0.2, 0.25) is 0 Å². The third-order valence-electron chi connectivity index (χ3n) is 2.63. The third kappa shape index (κ3) is 2.90. The van der Waals surface area contributed by atoms with Crippen molar-refractivity contribution >= 4 is 5.91 Å². The first kappa shape index (κ1) is 11.8. The van der Waals surface area contributed by atoms with Gasteiger partial charge >= 0.3 is 0 Å². The van der Waals surface area contributed by atoms with Crippen molar-refractivity contribution in [3.8, 4) is 11.5 Å². The first-order valence-corrected chi connectivity index (χ1v) is 5.97. The van der Waals surface area contributed by atoms with E-state index in [-0.39, 0.29) is 12.5 Å². The number of fused-ring (bicyclic) bond motifs is 1. The summed E-state index contributed by atoms with van der Waals surface area (Å²) in [7, 11) is 0. The number of amides is 1. The topological polar surface area (TPSA) is 47.6 Å². The lowest BCUT2D eigenvalue weighted by Crippen LogP contribution is -2.44. The van der Waals surface area contributed by atoms with Gasteiger partial charge < -0.3 is 14.8 Å². The fourth-order valence-corrected chi connectivity index (χ4v) is 1.65. The van der Waals surface area contributed by atoms with Crippen LogP contribution in [0.25, 0.3) is 0 Å². The Labute approximate surface area is 101 Å². The van der Waals surface area contributed by atoms with Gasteiger partial charge in [0.15, 0.2) is 11.5 Å². The second-order valence-electron chi connectivity index (χ2n) is 4.01. The lowest BCUT2D eigenvalue weighted by atomic mass is 10.2. The molecule has 1 heterocycles. The van der Waals surface area contributed by atoms with Crippen molar-refractivity contribution in [1.82, 2.24) is 5.32 Å². The lowest BCUT2D eigenvalue weighted by Gasteiger charge is -2.25. The van der Waals surface area contributed by atoms with Gasteiger partial charge in [-0.15, -0.1) is 0 Å². The van der Waals surface area contributed by atoms with E-state index in [4.69, 9.17) is 9.47 Å². The molecule has 92 valence electrons. The van der Waals surface area contributed by atoms with E-state index in [9.17, 15) is 4.79 Å². The quantitative estimate of drug-likeness (QED) is 0.809. The van der Waals surface area contributed by atoms with E-state index in [2.05, 4.69) is 12.2 Å². The summed E-state index contributed by atoms with van der Waals surface area (Å²) in [5.74, 6) is 1.23. The van der Waals surface area contributed by atoms with Gasteiger partial charge in [-0.3, -0.25) is 4.79 Å². The predicted octanol–water partition coefficient (Wildman–Crippen LogP) is 1.74. The van der Waals surface area contributed by atoms with E-state index in [0.29, 0.717) is 18.0 Å². The number of hydrogen-bond donors (Lipinski definition) is 1. The molecule has 0 bridgehead atoms. The van der Waals surface area contributed by atoms with Crippen molar-refractivity contribution in [3.63, 3.8) is 0 Å². The Bertz CT molecular complexity index is 392. The lowest BCUT2D eigenvalue weighted by molar-refractivity contribution is -0.130. The third-order valence-corrected chi connectivity index (χ3v) is 2.63. The summed E-state index contributed by atoms with van der Waals surface area (Å²) in [6.45, 7) is 3.05. The zero-order chi connectivity index (χ0) is 12.1. The molecular weight excluding hydrogens is 218 g/mol. The largest absolute Gasteiger partial charge is 0.485 e. The van der Waals surface area contributed by atoms with Crippen LogP contribution in [0.15, 0.2) is 24.3 Å². The zero-order valence-electron chi connectivity index (χ0n) is 9.94. The maximum Gasteiger partial charge on any atom is 0.264 e. The highest BCUT2D eigenvalue weighted by Gasteiger charge is 2.26. The number of carbonyl (C=O) groups excluding carboxylic acids is 1. The van der Waals surface area contributed by atoms with Gasteiger partial charge in [0.25, 0.3) is 5.91 Å². The first-order valence-electron chi connectivity index (χ1n) is 5.97. The molecule has 1 N–H and O–H groups in total. The van der Waals surface area contributed by atoms with Crippen LogP contribution >= 0.6 is 0 Å². The molecule has 1 aromatic carbocycles. The minimum atomic E-state index is -0.540. The summed E-state index contributed by atoms with van der Waals surface area (Å²) in [6, 6.07) is 7.38. The molecule has 1 amide bonds. The number of hydrogen-bond acceptors (Lipinski definition) is 3. The SMILES string of the molecule is CCCCNC(=O)[C@H]1COc2ccccc2O1. The van der Waals surface area contributed by atoms with Crippen LogP contribution in [0.1, 0.15) is 19.8 Å². The minimum absolute atomic E-state index is 0.104. The standard InChI is InChI=1S/C13H17NO3/c1-2-3-8-14-13(15)12-9-16-10-6-4-5-7-11(10)17-12/h4-7,12H,2-3,8-9H2,1H3,(H,14,15)/t12-/m1/s1. The van der Waals surface area contributed by atoms with Gasteiger partial charge in [-0.05, 0) is 18.6 Å². The summed E-state index contributed by atoms with van der Waals surface area (Å²) in [5.41, 5.74) is 0. The highest BCUT2D eigenvalue weighted by Crippen LogP contribution is 2.30. The van der Waals surface area contributed by atoms with E-state index in [1.54, 1.807) is 6.07 Å². The number of benzene rings is 1. The maximum atomic E-state index is 11.8. The van der Waals surface area contributed by atoms with E-state index < -0.39 is 6.10 Å². The van der Waals surface area contributed by atoms with Crippen LogP contribution in [-0.2, 0) is 4.79 Å². The van der Waals surface area contributed by atoms with Crippen LogP contribution < -0.4 is 14.8 Å². The second-order valence-corrected chi connectivity index (χ2v) is 4.01. The Kier molecular flexibility index (Phi) is 3.85. The molecule has 0 aromatic heterocycles. The number of ether oxygens (including phenoxy) is 2. The second kappa shape index (κ2) is 5.57. The molecule has 0 saturated heterocycles. The van der Waals surface area contributed by atoms with E-state index in [1.807, 2.05) is 18.2 Å². The summed E-state index contributed by atoms with van der Waals surface area (Å²) >= 11 is 0. The number of para-hydroxylation sites is 2. The van der Waals surface area contributed by atoms with Crippen molar-refractivity contribution in [3.05, 3.63) is 24.3 Å². The van der Waals surface area contributed by atoms with Gasteiger partial charge in [-0.25, -0.2) is 0 Å². The molecule has 1 aromatic rings. The molecule has 17 heavy (non-hydrogen) atoms. The molecule has 1 aliphatic rings. The molecule has 2 rings (SSSR count). The summed E-state index contributed by atoms with van der Waals surface area (Å²) < 4.78 is 11.1. The van der Waals surface area contributed by atoms with E-state index in [0.717, 1.165) is 12.8 Å². The minimum Gasteiger partial charge on any atom is -0.485 e. The number of rotatable bonds is 4. The summed E-state index contributed by atoms with van der Waals surface area (Å²) in [6.07, 6.45) is 1.50. The van der Waals surface area contributed by atoms with Gasteiger partial charge in [0, 0.05) is 6.54 Å². The first-order chi connectivity index (χ1) is 8.31. The molecule has 1 aliphatic heterocycles. The normalized spacial score (nSPS) is 17.6. The van der Waals surface area contributed by atoms with Crippen LogP contribution in [0.4, 0.5) is 0 Å². The Morgan fingerprint density at radius 2 is 2.18 bits per heavy atom. The Morgan fingerprint density at radius 1 is 1.41 bits per heavy atom. The number of unbranched alkanes of at least 4 members (excludes halogenated alkanes) is 1. The van der Waals surface area contributed by atoms with Gasteiger partial charge in [0.1, 0.15) is 6.61 Å². The van der Waals surface area contributed by atoms with Crippen LogP contribution in [-0.4, -0.2) is 25.2 Å². The van der Waals surface area contributed by atoms with E-state index in [1.165, 1.54) is 0 Å². The van der Waals surface area contributed by atoms with Crippen LogP contribution in [0.5, 0.6) is 11.5 Å². The summed E-state index contributed by atoms with van der Waals surface area (Å²) in [5, 5.41) is 2.84. The molecule has 4 nitrogen and oxygen atoms in total. The van der Waals surface area contributed by atoms with E-state index >= 15 is 0 Å². The van der Waals surface area contributed by atoms with Gasteiger partial charge in [0.2, 0.25) is 6.10 Å². The smallest absolute Gasteiger partial charge is 0.264 e. The van der Waals surface area contributed by atoms with Gasteiger partial charge in [0.05, 0.1) is 0 Å². The van der Waals surface area contributed by atoms with Gasteiger partial charge in [-0.1, -0.05) is 25.5 Å². The van der Waals surface area contributed by atoms with Gasteiger partial charge in [-0.2, -0.15) is 0 Å². The highest BCUT2D eigenvalue weighted by atomic mass is 16.6. The molecule has 0 fully saturated rings. The van der Waals surface area contributed by atoms with Crippen molar-refractivity contribution in [2.45, 2.75) is 25.9 Å². The molecule has 1 atom stereocenters. The molecule has 0 unspecified atom stereocenters. The van der Waals surface area contributed by atoms with Crippen molar-refractivity contribution in [2.24, 2.45) is 0 Å². The fourth-order valence-electron chi connectivity index (χ4n) is 1.65. The zero-order valence-corrected chi connectivity index (χ0v) is 9.94. The van der Waals surface area contributed by atoms with Crippen molar-refractivity contribution in [2.75, 3.05) is 13.2 Å². The Morgan fingerprint density at radius 3 is 2.94 bits per heavy atom. The summed E-state index contributed by atoms with van der Waals surface area (Å²) in [4.78, 5) is 11.8. The average molecular weight is 235 g/mol. The monoisotopic (exact) mass is 235 g/mol. The molecule has 4 heteroatoms. The molecule has 0 saturated carbocycles. The van der Waals surface area contributed by atoms with Crippen LogP contribution in [0.3, 0.4) is 0 Å². The maximum absolute atomic E-state index is 11.8. The fraction of sp³-hybridized carbons (Fsp3) is 0.462. The van der Waals surface area contributed by atoms with Crippen molar-refractivity contribution in [1.29, 1.82) is 0 Å². The Balaban J connectivity index is 1.91. The molecule has 0 radical (unpaired) electrons. The molecule has 0 spiro atoms. The number of carbonyl (C=O) groups is 1. The van der Waals surface area contributed by atoms with Crippen molar-refractivity contribution < 1.29 is 14.3 Å². The van der Waals surface area contributed by atoms with Crippen LogP contribution in [0, 0.1) is 0 Å². The predicted molar refractivity (Wildman–Crippen MR) is 64.3 cm³/mol. The highest BCUT2D eigenvalue weighted by molar-refractivity contribution is 5.81.